The summed E-state index contributed by atoms with van der Waals surface area (Å²) in [5, 5.41) is 3.42. The van der Waals surface area contributed by atoms with Crippen molar-refractivity contribution in [3.05, 3.63) is 16.3 Å². The first-order valence-corrected chi connectivity index (χ1v) is 6.43. The van der Waals surface area contributed by atoms with Gasteiger partial charge in [0, 0.05) is 20.1 Å². The minimum absolute atomic E-state index is 0.109. The Kier molecular flexibility index (Phi) is 4.08. The average Bonchev–Trinajstić information content (AvgIpc) is 2.67. The lowest BCUT2D eigenvalue weighted by atomic mass is 10.1. The molecule has 1 aliphatic rings. The molecule has 2 heterocycles. The number of nitrogens with zero attached hydrogens (tertiary/aromatic N) is 4. The van der Waals surface area contributed by atoms with E-state index in [-0.39, 0.29) is 6.54 Å². The van der Waals surface area contributed by atoms with Crippen LogP contribution in [0.25, 0.3) is 0 Å². The van der Waals surface area contributed by atoms with Crippen molar-refractivity contribution >= 4 is 5.91 Å². The summed E-state index contributed by atoms with van der Waals surface area (Å²) in [5.74, 6) is -1.66. The molecule has 0 unspecified atom stereocenters. The highest BCUT2D eigenvalue weighted by molar-refractivity contribution is 5.75. The summed E-state index contributed by atoms with van der Waals surface area (Å²) in [6.07, 6.45) is -3.77. The van der Waals surface area contributed by atoms with Crippen LogP contribution in [-0.4, -0.2) is 44.8 Å². The number of hydrogen-bond acceptors (Lipinski definition) is 4. The number of likely N-dealkylation sites (tertiary alicyclic amines) is 1. The molecule has 0 aromatic carbocycles. The molecule has 0 radical (unpaired) electrons. The number of carbonyl (C=O) groups is 1. The molecule has 118 valence electrons. The Morgan fingerprint density at radius 3 is 2.38 bits per heavy atom. The Labute approximate surface area is 118 Å². The molecule has 7 nitrogen and oxygen atoms in total. The zero-order valence-electron chi connectivity index (χ0n) is 11.4. The van der Waals surface area contributed by atoms with Crippen molar-refractivity contribution in [1.29, 1.82) is 0 Å². The van der Waals surface area contributed by atoms with E-state index in [9.17, 15) is 22.8 Å². The number of piperidine rings is 1. The number of rotatable bonds is 3. The van der Waals surface area contributed by atoms with Gasteiger partial charge < -0.3 is 5.73 Å². The SMILES string of the molecule is Cn1c(C(F)(F)F)nn(C2CCN(CC(N)=O)CC2)c1=O. The quantitative estimate of drug-likeness (QED) is 0.832. The third kappa shape index (κ3) is 3.26. The third-order valence-electron chi connectivity index (χ3n) is 3.54. The zero-order valence-corrected chi connectivity index (χ0v) is 11.4. The van der Waals surface area contributed by atoms with Crippen LogP contribution in [0.1, 0.15) is 24.7 Å². The summed E-state index contributed by atoms with van der Waals surface area (Å²) in [6.45, 7) is 1.08. The van der Waals surface area contributed by atoms with Gasteiger partial charge in [0.25, 0.3) is 0 Å². The van der Waals surface area contributed by atoms with Gasteiger partial charge in [0.2, 0.25) is 11.7 Å². The van der Waals surface area contributed by atoms with E-state index in [2.05, 4.69) is 5.10 Å². The van der Waals surface area contributed by atoms with Crippen molar-refractivity contribution in [2.24, 2.45) is 12.8 Å². The van der Waals surface area contributed by atoms with E-state index in [1.807, 2.05) is 0 Å². The fraction of sp³-hybridized carbons (Fsp3) is 0.727. The van der Waals surface area contributed by atoms with Crippen LogP contribution in [-0.2, 0) is 18.0 Å². The molecule has 0 atom stereocenters. The molecular formula is C11H16F3N5O2. The van der Waals surface area contributed by atoms with Crippen molar-refractivity contribution < 1.29 is 18.0 Å². The number of hydrogen-bond donors (Lipinski definition) is 1. The molecule has 1 amide bonds. The van der Waals surface area contributed by atoms with Crippen molar-refractivity contribution in [1.82, 2.24) is 19.2 Å². The van der Waals surface area contributed by atoms with E-state index in [1.54, 1.807) is 4.90 Å². The minimum Gasteiger partial charge on any atom is -0.369 e. The standard InChI is InChI=1S/C11H16F3N5O2/c1-17-9(11(12,13)14)16-19(10(17)21)7-2-4-18(5-3-7)6-8(15)20/h7H,2-6H2,1H3,(H2,15,20). The van der Waals surface area contributed by atoms with E-state index >= 15 is 0 Å². The Hall–Kier alpha value is -1.84. The molecule has 10 heteroatoms. The summed E-state index contributed by atoms with van der Waals surface area (Å²) in [5.41, 5.74) is 4.31. The number of amides is 1. The van der Waals surface area contributed by atoms with Crippen LogP contribution in [0.5, 0.6) is 0 Å². The number of alkyl halides is 3. The molecule has 21 heavy (non-hydrogen) atoms. The molecule has 1 aliphatic heterocycles. The van der Waals surface area contributed by atoms with E-state index in [0.29, 0.717) is 30.5 Å². The number of nitrogens with two attached hydrogens (primary N) is 1. The second-order valence-electron chi connectivity index (χ2n) is 5.08. The molecule has 0 bridgehead atoms. The number of carbonyl (C=O) groups excluding carboxylic acids is 1. The van der Waals surface area contributed by atoms with Crippen LogP contribution in [0.4, 0.5) is 13.2 Å². The van der Waals surface area contributed by atoms with Gasteiger partial charge in [-0.25, -0.2) is 9.48 Å². The van der Waals surface area contributed by atoms with Crippen molar-refractivity contribution in [2.75, 3.05) is 19.6 Å². The molecule has 0 aliphatic carbocycles. The smallest absolute Gasteiger partial charge is 0.369 e. The molecule has 0 saturated carbocycles. The van der Waals surface area contributed by atoms with Crippen molar-refractivity contribution in [3.63, 3.8) is 0 Å². The maximum atomic E-state index is 12.7. The van der Waals surface area contributed by atoms with Gasteiger partial charge in [0.1, 0.15) is 0 Å². The van der Waals surface area contributed by atoms with Gasteiger partial charge in [0.15, 0.2) is 0 Å². The average molecular weight is 307 g/mol. The lowest BCUT2D eigenvalue weighted by Crippen LogP contribution is -2.41. The number of primary amides is 1. The lowest BCUT2D eigenvalue weighted by Gasteiger charge is -2.30. The highest BCUT2D eigenvalue weighted by Crippen LogP contribution is 2.27. The van der Waals surface area contributed by atoms with Gasteiger partial charge in [0.05, 0.1) is 12.6 Å². The van der Waals surface area contributed by atoms with Gasteiger partial charge in [-0.15, -0.1) is 5.10 Å². The summed E-state index contributed by atoms with van der Waals surface area (Å²) in [4.78, 5) is 24.5. The van der Waals surface area contributed by atoms with Gasteiger partial charge in [-0.1, -0.05) is 0 Å². The fourth-order valence-corrected chi connectivity index (χ4v) is 2.48. The maximum Gasteiger partial charge on any atom is 0.451 e. The molecule has 1 aromatic rings. The van der Waals surface area contributed by atoms with Crippen LogP contribution in [0.15, 0.2) is 4.79 Å². The molecular weight excluding hydrogens is 291 g/mol. The van der Waals surface area contributed by atoms with Gasteiger partial charge in [-0.2, -0.15) is 13.2 Å². The van der Waals surface area contributed by atoms with E-state index in [1.165, 1.54) is 0 Å². The van der Waals surface area contributed by atoms with Crippen molar-refractivity contribution in [2.45, 2.75) is 25.1 Å². The first-order valence-electron chi connectivity index (χ1n) is 6.43. The summed E-state index contributed by atoms with van der Waals surface area (Å²) >= 11 is 0. The molecule has 1 saturated heterocycles. The largest absolute Gasteiger partial charge is 0.451 e. The molecule has 2 N–H and O–H groups in total. The molecule has 1 aromatic heterocycles. The van der Waals surface area contributed by atoms with Crippen LogP contribution in [0.3, 0.4) is 0 Å². The fourth-order valence-electron chi connectivity index (χ4n) is 2.48. The Balaban J connectivity index is 2.14. The first-order chi connectivity index (χ1) is 9.70. The van der Waals surface area contributed by atoms with Crippen LogP contribution >= 0.6 is 0 Å². The van der Waals surface area contributed by atoms with Crippen LogP contribution in [0.2, 0.25) is 0 Å². The minimum atomic E-state index is -4.66. The first kappa shape index (κ1) is 15.5. The van der Waals surface area contributed by atoms with Crippen LogP contribution in [0, 0.1) is 0 Å². The predicted molar refractivity (Wildman–Crippen MR) is 66.4 cm³/mol. The molecule has 2 rings (SSSR count). The summed E-state index contributed by atoms with van der Waals surface area (Å²) in [7, 11) is 1.05. The topological polar surface area (TPSA) is 86.2 Å². The highest BCUT2D eigenvalue weighted by Gasteiger charge is 2.39. The van der Waals surface area contributed by atoms with Gasteiger partial charge >= 0.3 is 11.9 Å². The van der Waals surface area contributed by atoms with Crippen molar-refractivity contribution in [3.8, 4) is 0 Å². The molecule has 1 fully saturated rings. The predicted octanol–water partition coefficient (Wildman–Crippen LogP) is -0.277. The van der Waals surface area contributed by atoms with Gasteiger partial charge in [-0.3, -0.25) is 14.3 Å². The van der Waals surface area contributed by atoms with E-state index in [4.69, 9.17) is 5.73 Å². The second kappa shape index (κ2) is 5.51. The van der Waals surface area contributed by atoms with Crippen LogP contribution < -0.4 is 11.4 Å². The third-order valence-corrected chi connectivity index (χ3v) is 3.54. The normalized spacial score (nSPS) is 18.1. The Morgan fingerprint density at radius 1 is 1.38 bits per heavy atom. The monoisotopic (exact) mass is 307 g/mol. The van der Waals surface area contributed by atoms with E-state index in [0.717, 1.165) is 11.7 Å². The maximum absolute atomic E-state index is 12.7. The number of aromatic nitrogens is 3. The highest BCUT2D eigenvalue weighted by atomic mass is 19.4. The summed E-state index contributed by atoms with van der Waals surface area (Å²) in [6, 6.07) is -0.399. The Morgan fingerprint density at radius 2 is 1.95 bits per heavy atom. The Bertz CT molecular complexity index is 584. The second-order valence-corrected chi connectivity index (χ2v) is 5.08. The van der Waals surface area contributed by atoms with E-state index < -0.39 is 29.6 Å². The number of halogens is 3. The van der Waals surface area contributed by atoms with Gasteiger partial charge in [-0.05, 0) is 12.8 Å². The lowest BCUT2D eigenvalue weighted by molar-refractivity contribution is -0.147. The molecule has 0 spiro atoms. The summed E-state index contributed by atoms with van der Waals surface area (Å²) < 4.78 is 39.6. The zero-order chi connectivity index (χ0) is 15.8.